The molecule has 0 saturated heterocycles. The number of aromatic nitrogens is 2. The van der Waals surface area contributed by atoms with Gasteiger partial charge in [0.05, 0.1) is 20.5 Å². The molecule has 206 valence electrons. The first kappa shape index (κ1) is 30.9. The van der Waals surface area contributed by atoms with Crippen molar-refractivity contribution in [2.24, 2.45) is 5.41 Å². The van der Waals surface area contributed by atoms with Crippen LogP contribution >= 0.6 is 23.2 Å². The molecular weight excluding hydrogens is 546 g/mol. The maximum Gasteiger partial charge on any atom is 0.416 e. The Hall–Kier alpha value is -3.31. The monoisotopic (exact) mass is 573 g/mol. The van der Waals surface area contributed by atoms with Gasteiger partial charge < -0.3 is 10.6 Å². The zero-order valence-corrected chi connectivity index (χ0v) is 22.9. The van der Waals surface area contributed by atoms with E-state index in [-0.39, 0.29) is 33.1 Å². The van der Waals surface area contributed by atoms with Gasteiger partial charge in [-0.05, 0) is 31.5 Å². The van der Waals surface area contributed by atoms with E-state index in [0.29, 0.717) is 18.7 Å². The number of nitrogen functional groups attached to an aromatic ring is 1. The lowest BCUT2D eigenvalue weighted by Gasteiger charge is -2.32. The summed E-state index contributed by atoms with van der Waals surface area (Å²) in [5.41, 5.74) is 4.64. The largest absolute Gasteiger partial charge is 0.416 e. The summed E-state index contributed by atoms with van der Waals surface area (Å²) >= 11 is 11.5. The molecule has 0 saturated carbocycles. The fourth-order valence-electron chi connectivity index (χ4n) is 3.30. The minimum absolute atomic E-state index is 0.170. The lowest BCUT2D eigenvalue weighted by molar-refractivity contribution is -0.383. The molecule has 13 heteroatoms. The zero-order chi connectivity index (χ0) is 29.0. The van der Waals surface area contributed by atoms with Crippen LogP contribution in [0, 0.1) is 15.5 Å². The molecular formula is C25H28Cl2F3N5O3. The molecule has 0 spiro atoms. The van der Waals surface area contributed by atoms with Gasteiger partial charge in [-0.25, -0.2) is 4.68 Å². The molecule has 0 unspecified atom stereocenters. The number of benzene rings is 2. The second-order valence-corrected chi connectivity index (χ2v) is 10.4. The molecule has 0 aliphatic carbocycles. The van der Waals surface area contributed by atoms with Crippen LogP contribution in [0.1, 0.15) is 45.7 Å². The third kappa shape index (κ3) is 7.61. The van der Waals surface area contributed by atoms with Crippen LogP contribution in [0.2, 0.25) is 10.0 Å². The normalized spacial score (nSPS) is 11.7. The third-order valence-corrected chi connectivity index (χ3v) is 5.84. The van der Waals surface area contributed by atoms with Crippen molar-refractivity contribution in [2.45, 2.75) is 53.4 Å². The number of anilines is 1. The van der Waals surface area contributed by atoms with E-state index in [9.17, 15) is 28.1 Å². The van der Waals surface area contributed by atoms with Crippen molar-refractivity contribution in [1.82, 2.24) is 14.7 Å². The molecule has 0 atom stereocenters. The van der Waals surface area contributed by atoms with E-state index in [0.717, 1.165) is 10.9 Å². The SMILES string of the molecule is CC(C)N(Cc1ccccc1)C(=O)C(C)(C)C.Nc1c([N+](=O)[O-])cnn1-c1c(Cl)cc(C(F)(F)F)cc1Cl. The Morgan fingerprint density at radius 3 is 2.05 bits per heavy atom. The number of hydrogen-bond acceptors (Lipinski definition) is 5. The summed E-state index contributed by atoms with van der Waals surface area (Å²) in [6.07, 6.45) is -3.78. The Morgan fingerprint density at radius 2 is 1.66 bits per heavy atom. The van der Waals surface area contributed by atoms with Crippen LogP contribution < -0.4 is 5.73 Å². The lowest BCUT2D eigenvalue weighted by Crippen LogP contribution is -2.43. The molecule has 1 heterocycles. The predicted molar refractivity (Wildman–Crippen MR) is 141 cm³/mol. The lowest BCUT2D eigenvalue weighted by atomic mass is 9.93. The molecule has 2 aromatic carbocycles. The fraction of sp³-hybridized carbons (Fsp3) is 0.360. The van der Waals surface area contributed by atoms with Gasteiger partial charge in [0.25, 0.3) is 0 Å². The summed E-state index contributed by atoms with van der Waals surface area (Å²) in [5.74, 6) is -0.195. The second kappa shape index (κ2) is 12.0. The molecule has 1 amide bonds. The van der Waals surface area contributed by atoms with Gasteiger partial charge in [-0.1, -0.05) is 74.3 Å². The highest BCUT2D eigenvalue weighted by Crippen LogP contribution is 2.39. The van der Waals surface area contributed by atoms with Crippen LogP contribution in [0.25, 0.3) is 5.69 Å². The third-order valence-electron chi connectivity index (χ3n) is 5.26. The average Bonchev–Trinajstić information content (AvgIpc) is 3.17. The second-order valence-electron chi connectivity index (χ2n) is 9.63. The Kier molecular flexibility index (Phi) is 9.79. The average molecular weight is 574 g/mol. The Bertz CT molecular complexity index is 1270. The van der Waals surface area contributed by atoms with E-state index < -0.39 is 28.2 Å². The van der Waals surface area contributed by atoms with Gasteiger partial charge >= 0.3 is 11.9 Å². The van der Waals surface area contributed by atoms with Crippen molar-refractivity contribution in [3.8, 4) is 5.69 Å². The molecule has 0 fully saturated rings. The van der Waals surface area contributed by atoms with E-state index in [2.05, 4.69) is 31.1 Å². The van der Waals surface area contributed by atoms with Gasteiger partial charge in [0.1, 0.15) is 11.9 Å². The van der Waals surface area contributed by atoms with Gasteiger partial charge in [-0.3, -0.25) is 14.9 Å². The summed E-state index contributed by atoms with van der Waals surface area (Å²) in [6, 6.07) is 11.6. The highest BCUT2D eigenvalue weighted by molar-refractivity contribution is 6.38. The van der Waals surface area contributed by atoms with E-state index in [4.69, 9.17) is 28.9 Å². The van der Waals surface area contributed by atoms with Gasteiger partial charge in [0, 0.05) is 18.0 Å². The maximum absolute atomic E-state index is 12.6. The molecule has 38 heavy (non-hydrogen) atoms. The van der Waals surface area contributed by atoms with Crippen molar-refractivity contribution >= 4 is 40.6 Å². The highest BCUT2D eigenvalue weighted by atomic mass is 35.5. The standard InChI is InChI=1S/C15H23NO.C10H5Cl2F3N4O2/c1-12(2)16(14(17)15(3,4)5)11-13-9-7-6-8-10-13;11-5-1-4(10(13,14)15)2-6(12)8(5)18-9(16)7(3-17-18)19(20)21/h6-10,12H,11H2,1-5H3;1-3H,16H2. The number of nitrogens with zero attached hydrogens (tertiary/aromatic N) is 4. The highest BCUT2D eigenvalue weighted by Gasteiger charge is 2.33. The van der Waals surface area contributed by atoms with Gasteiger partial charge in [0.2, 0.25) is 11.7 Å². The van der Waals surface area contributed by atoms with Gasteiger partial charge in [-0.2, -0.15) is 18.3 Å². The number of nitro groups is 1. The first-order valence-electron chi connectivity index (χ1n) is 11.3. The number of halogens is 5. The fourth-order valence-corrected chi connectivity index (χ4v) is 3.95. The maximum atomic E-state index is 12.6. The Morgan fingerprint density at radius 1 is 1.13 bits per heavy atom. The molecule has 3 rings (SSSR count). The number of nitrogens with two attached hydrogens (primary N) is 1. The van der Waals surface area contributed by atoms with Crippen molar-refractivity contribution in [2.75, 3.05) is 5.73 Å². The zero-order valence-electron chi connectivity index (χ0n) is 21.4. The van der Waals surface area contributed by atoms with Crippen LogP contribution in [0.5, 0.6) is 0 Å². The van der Waals surface area contributed by atoms with Gasteiger partial charge in [0.15, 0.2) is 0 Å². The number of rotatable bonds is 5. The number of carbonyl (C=O) groups excluding carboxylic acids is 1. The molecule has 0 bridgehead atoms. The van der Waals surface area contributed by atoms with Crippen LogP contribution in [0.15, 0.2) is 48.7 Å². The number of carbonyl (C=O) groups is 1. The molecule has 1 aromatic heterocycles. The quantitative estimate of drug-likeness (QED) is 0.257. The molecule has 0 aliphatic heterocycles. The summed E-state index contributed by atoms with van der Waals surface area (Å²) < 4.78 is 38.7. The molecule has 0 aliphatic rings. The van der Waals surface area contributed by atoms with Crippen molar-refractivity contribution < 1.29 is 22.9 Å². The smallest absolute Gasteiger partial charge is 0.378 e. The van der Waals surface area contributed by atoms with Crippen molar-refractivity contribution in [3.63, 3.8) is 0 Å². The molecule has 2 N–H and O–H groups in total. The number of hydrogen-bond donors (Lipinski definition) is 1. The Balaban J connectivity index is 0.000000273. The molecule has 8 nitrogen and oxygen atoms in total. The summed E-state index contributed by atoms with van der Waals surface area (Å²) in [7, 11) is 0. The van der Waals surface area contributed by atoms with Crippen molar-refractivity contribution in [3.05, 3.63) is 79.9 Å². The van der Waals surface area contributed by atoms with E-state index in [1.54, 1.807) is 0 Å². The van der Waals surface area contributed by atoms with E-state index in [1.165, 1.54) is 5.56 Å². The summed E-state index contributed by atoms with van der Waals surface area (Å²) in [4.78, 5) is 24.2. The Labute approximate surface area is 228 Å². The van der Waals surface area contributed by atoms with Crippen LogP contribution in [0.3, 0.4) is 0 Å². The summed E-state index contributed by atoms with van der Waals surface area (Å²) in [5, 5.41) is 13.5. The first-order valence-corrected chi connectivity index (χ1v) is 12.1. The van der Waals surface area contributed by atoms with Crippen molar-refractivity contribution in [1.29, 1.82) is 0 Å². The van der Waals surface area contributed by atoms with Gasteiger partial charge in [-0.15, -0.1) is 0 Å². The predicted octanol–water partition coefficient (Wildman–Crippen LogP) is 7.16. The first-order chi connectivity index (χ1) is 17.4. The summed E-state index contributed by atoms with van der Waals surface area (Å²) in [6.45, 7) is 10.7. The van der Waals surface area contributed by atoms with Crippen LogP contribution in [-0.4, -0.2) is 31.6 Å². The topological polar surface area (TPSA) is 107 Å². The minimum Gasteiger partial charge on any atom is -0.378 e. The number of alkyl halides is 3. The van der Waals surface area contributed by atoms with Crippen LogP contribution in [-0.2, 0) is 17.5 Å². The minimum atomic E-state index is -4.63. The molecule has 3 aromatic rings. The number of amides is 1. The van der Waals surface area contributed by atoms with Crippen LogP contribution in [0.4, 0.5) is 24.7 Å². The molecule has 0 radical (unpaired) electrons. The van der Waals surface area contributed by atoms with E-state index >= 15 is 0 Å². The van der Waals surface area contributed by atoms with E-state index in [1.807, 2.05) is 43.9 Å².